The van der Waals surface area contributed by atoms with Crippen molar-refractivity contribution in [2.75, 3.05) is 5.32 Å². The van der Waals surface area contributed by atoms with Crippen molar-refractivity contribution in [1.82, 2.24) is 0 Å². The van der Waals surface area contributed by atoms with Crippen LogP contribution in [0.3, 0.4) is 0 Å². The van der Waals surface area contributed by atoms with E-state index in [2.05, 4.69) is 18.3 Å². The Morgan fingerprint density at radius 2 is 2.24 bits per heavy atom. The lowest BCUT2D eigenvalue weighted by Crippen LogP contribution is -2.19. The van der Waals surface area contributed by atoms with E-state index in [0.29, 0.717) is 6.42 Å². The van der Waals surface area contributed by atoms with Crippen LogP contribution in [-0.2, 0) is 11.2 Å². The standard InChI is InChI=1S/C14H20N2O/c1-2-3-4-12(15)10-5-7-13-11(9-10)6-8-14(17)16-13/h5,7,9,12H,2-4,6,8,15H2,1H3,(H,16,17). The number of carbonyl (C=O) groups is 1. The van der Waals surface area contributed by atoms with Gasteiger partial charge in [0, 0.05) is 18.2 Å². The first-order valence-corrected chi connectivity index (χ1v) is 6.39. The summed E-state index contributed by atoms with van der Waals surface area (Å²) < 4.78 is 0. The van der Waals surface area contributed by atoms with Gasteiger partial charge in [0.05, 0.1) is 0 Å². The summed E-state index contributed by atoms with van der Waals surface area (Å²) in [5.41, 5.74) is 9.51. The molecule has 2 rings (SSSR count). The van der Waals surface area contributed by atoms with E-state index in [4.69, 9.17) is 5.73 Å². The van der Waals surface area contributed by atoms with Crippen LogP contribution < -0.4 is 11.1 Å². The number of amides is 1. The second-order valence-electron chi connectivity index (χ2n) is 4.71. The predicted molar refractivity (Wildman–Crippen MR) is 69.8 cm³/mol. The fourth-order valence-electron chi connectivity index (χ4n) is 2.22. The van der Waals surface area contributed by atoms with Gasteiger partial charge in [0.25, 0.3) is 0 Å². The van der Waals surface area contributed by atoms with E-state index in [9.17, 15) is 4.79 Å². The molecule has 0 saturated heterocycles. The van der Waals surface area contributed by atoms with E-state index < -0.39 is 0 Å². The Morgan fingerprint density at radius 3 is 3.00 bits per heavy atom. The largest absolute Gasteiger partial charge is 0.326 e. The van der Waals surface area contributed by atoms with Gasteiger partial charge in [0.1, 0.15) is 0 Å². The lowest BCUT2D eigenvalue weighted by molar-refractivity contribution is -0.116. The Labute approximate surface area is 102 Å². The van der Waals surface area contributed by atoms with Gasteiger partial charge in [-0.05, 0) is 30.0 Å². The van der Waals surface area contributed by atoms with E-state index in [1.54, 1.807) is 0 Å². The van der Waals surface area contributed by atoms with Gasteiger partial charge in [-0.1, -0.05) is 31.9 Å². The Kier molecular flexibility index (Phi) is 3.79. The van der Waals surface area contributed by atoms with E-state index in [0.717, 1.165) is 24.9 Å². The van der Waals surface area contributed by atoms with Crippen molar-refractivity contribution < 1.29 is 4.79 Å². The average Bonchev–Trinajstić information content (AvgIpc) is 2.35. The molecule has 1 aromatic carbocycles. The Balaban J connectivity index is 2.13. The van der Waals surface area contributed by atoms with Crippen LogP contribution in [0.1, 0.15) is 49.8 Å². The summed E-state index contributed by atoms with van der Waals surface area (Å²) in [4.78, 5) is 11.3. The second kappa shape index (κ2) is 5.32. The summed E-state index contributed by atoms with van der Waals surface area (Å²) in [6.07, 6.45) is 4.78. The third-order valence-electron chi connectivity index (χ3n) is 3.32. The third kappa shape index (κ3) is 2.86. The zero-order valence-electron chi connectivity index (χ0n) is 10.3. The molecule has 1 aromatic rings. The highest BCUT2D eigenvalue weighted by Crippen LogP contribution is 2.26. The zero-order chi connectivity index (χ0) is 12.3. The minimum absolute atomic E-state index is 0.112. The van der Waals surface area contributed by atoms with Crippen LogP contribution in [0.25, 0.3) is 0 Å². The summed E-state index contributed by atoms with van der Waals surface area (Å²) in [5.74, 6) is 0.112. The Hall–Kier alpha value is -1.35. The number of nitrogens with two attached hydrogens (primary N) is 1. The molecule has 17 heavy (non-hydrogen) atoms. The van der Waals surface area contributed by atoms with Gasteiger partial charge >= 0.3 is 0 Å². The van der Waals surface area contributed by atoms with E-state index >= 15 is 0 Å². The van der Waals surface area contributed by atoms with Gasteiger partial charge in [0.2, 0.25) is 5.91 Å². The maximum atomic E-state index is 11.3. The molecule has 1 amide bonds. The maximum absolute atomic E-state index is 11.3. The van der Waals surface area contributed by atoms with Crippen molar-refractivity contribution in [3.05, 3.63) is 29.3 Å². The quantitative estimate of drug-likeness (QED) is 0.838. The van der Waals surface area contributed by atoms with Crippen molar-refractivity contribution in [2.24, 2.45) is 5.73 Å². The number of benzene rings is 1. The number of hydrogen-bond acceptors (Lipinski definition) is 2. The van der Waals surface area contributed by atoms with E-state index in [1.165, 1.54) is 17.5 Å². The number of rotatable bonds is 4. The molecule has 1 atom stereocenters. The van der Waals surface area contributed by atoms with Crippen LogP contribution in [0.5, 0.6) is 0 Å². The molecule has 92 valence electrons. The molecule has 0 bridgehead atoms. The summed E-state index contributed by atoms with van der Waals surface area (Å²) in [6.45, 7) is 2.18. The minimum Gasteiger partial charge on any atom is -0.326 e. The maximum Gasteiger partial charge on any atom is 0.224 e. The SMILES string of the molecule is CCCCC(N)c1ccc2c(c1)CCC(=O)N2. The number of aryl methyl sites for hydroxylation is 1. The fourth-order valence-corrected chi connectivity index (χ4v) is 2.22. The van der Waals surface area contributed by atoms with Gasteiger partial charge in [-0.25, -0.2) is 0 Å². The number of fused-ring (bicyclic) bond motifs is 1. The summed E-state index contributed by atoms with van der Waals surface area (Å²) in [7, 11) is 0. The third-order valence-corrected chi connectivity index (χ3v) is 3.32. The van der Waals surface area contributed by atoms with Gasteiger partial charge in [-0.2, -0.15) is 0 Å². The van der Waals surface area contributed by atoms with Crippen LogP contribution >= 0.6 is 0 Å². The van der Waals surface area contributed by atoms with Crippen molar-refractivity contribution in [1.29, 1.82) is 0 Å². The molecule has 0 spiro atoms. The number of nitrogens with one attached hydrogen (secondary N) is 1. The van der Waals surface area contributed by atoms with Gasteiger partial charge < -0.3 is 11.1 Å². The van der Waals surface area contributed by atoms with Crippen molar-refractivity contribution in [3.63, 3.8) is 0 Å². The lowest BCUT2D eigenvalue weighted by atomic mass is 9.95. The minimum atomic E-state index is 0.112. The summed E-state index contributed by atoms with van der Waals surface area (Å²) in [6, 6.07) is 6.28. The lowest BCUT2D eigenvalue weighted by Gasteiger charge is -2.19. The normalized spacial score (nSPS) is 16.2. The Morgan fingerprint density at radius 1 is 1.41 bits per heavy atom. The number of hydrogen-bond donors (Lipinski definition) is 2. The van der Waals surface area contributed by atoms with Crippen LogP contribution in [-0.4, -0.2) is 5.91 Å². The van der Waals surface area contributed by atoms with Crippen molar-refractivity contribution in [3.8, 4) is 0 Å². The molecule has 0 fully saturated rings. The highest BCUT2D eigenvalue weighted by Gasteiger charge is 2.16. The summed E-state index contributed by atoms with van der Waals surface area (Å²) in [5, 5.41) is 2.89. The molecule has 3 nitrogen and oxygen atoms in total. The molecule has 1 heterocycles. The molecule has 3 heteroatoms. The zero-order valence-corrected chi connectivity index (χ0v) is 10.3. The number of unbranched alkanes of at least 4 members (excludes halogenated alkanes) is 1. The highest BCUT2D eigenvalue weighted by molar-refractivity contribution is 5.93. The molecule has 0 aliphatic carbocycles. The molecular weight excluding hydrogens is 212 g/mol. The van der Waals surface area contributed by atoms with E-state index in [1.807, 2.05) is 12.1 Å². The van der Waals surface area contributed by atoms with Crippen molar-refractivity contribution >= 4 is 11.6 Å². The molecule has 3 N–H and O–H groups in total. The fraction of sp³-hybridized carbons (Fsp3) is 0.500. The smallest absolute Gasteiger partial charge is 0.224 e. The van der Waals surface area contributed by atoms with Gasteiger partial charge in [-0.3, -0.25) is 4.79 Å². The molecular formula is C14H20N2O. The molecule has 0 saturated carbocycles. The average molecular weight is 232 g/mol. The number of carbonyl (C=O) groups excluding carboxylic acids is 1. The Bertz CT molecular complexity index is 415. The van der Waals surface area contributed by atoms with E-state index in [-0.39, 0.29) is 11.9 Å². The summed E-state index contributed by atoms with van der Waals surface area (Å²) >= 11 is 0. The molecule has 1 aliphatic heterocycles. The van der Waals surface area contributed by atoms with Crippen molar-refractivity contribution in [2.45, 2.75) is 45.1 Å². The predicted octanol–water partition coefficient (Wildman–Crippen LogP) is 2.76. The molecule has 0 radical (unpaired) electrons. The van der Waals surface area contributed by atoms with Gasteiger partial charge in [0.15, 0.2) is 0 Å². The molecule has 0 aromatic heterocycles. The first-order valence-electron chi connectivity index (χ1n) is 6.39. The second-order valence-corrected chi connectivity index (χ2v) is 4.71. The first kappa shape index (κ1) is 12.1. The highest BCUT2D eigenvalue weighted by atomic mass is 16.1. The topological polar surface area (TPSA) is 55.1 Å². The first-order chi connectivity index (χ1) is 8.20. The van der Waals surface area contributed by atoms with Crippen LogP contribution in [0.2, 0.25) is 0 Å². The molecule has 1 aliphatic rings. The van der Waals surface area contributed by atoms with Crippen LogP contribution in [0.4, 0.5) is 5.69 Å². The monoisotopic (exact) mass is 232 g/mol. The van der Waals surface area contributed by atoms with Gasteiger partial charge in [-0.15, -0.1) is 0 Å². The number of anilines is 1. The van der Waals surface area contributed by atoms with Crippen LogP contribution in [0.15, 0.2) is 18.2 Å². The molecule has 1 unspecified atom stereocenters. The van der Waals surface area contributed by atoms with Crippen LogP contribution in [0, 0.1) is 0 Å².